The van der Waals surface area contributed by atoms with Crippen LogP contribution in [0, 0.1) is 13.8 Å². The van der Waals surface area contributed by atoms with Gasteiger partial charge >= 0.3 is 0 Å². The topological polar surface area (TPSA) is 124 Å². The Morgan fingerprint density at radius 3 is 2.65 bits per heavy atom. The van der Waals surface area contributed by atoms with Crippen LogP contribution >= 0.6 is 0 Å². The molecule has 1 saturated heterocycles. The lowest BCUT2D eigenvalue weighted by Crippen LogP contribution is -2.29. The molecule has 0 amide bonds. The number of nitrogens with one attached hydrogen (secondary N) is 2. The fourth-order valence-electron chi connectivity index (χ4n) is 4.17. The van der Waals surface area contributed by atoms with Gasteiger partial charge in [-0.1, -0.05) is 0 Å². The summed E-state index contributed by atoms with van der Waals surface area (Å²) in [5.74, 6) is 1.45. The van der Waals surface area contributed by atoms with Gasteiger partial charge in [-0.15, -0.1) is 0 Å². The van der Waals surface area contributed by atoms with Gasteiger partial charge in [0.2, 0.25) is 5.95 Å². The zero-order valence-electron chi connectivity index (χ0n) is 19.2. The average molecular weight is 483 g/mol. The number of imidazole rings is 1. The van der Waals surface area contributed by atoms with Crippen molar-refractivity contribution >= 4 is 27.3 Å². The van der Waals surface area contributed by atoms with Gasteiger partial charge in [-0.25, -0.2) is 18.4 Å². The number of anilines is 2. The Bertz CT molecular complexity index is 1450. The van der Waals surface area contributed by atoms with Gasteiger partial charge in [-0.3, -0.25) is 9.50 Å². The van der Waals surface area contributed by atoms with Crippen LogP contribution in [0.15, 0.2) is 41.4 Å². The summed E-state index contributed by atoms with van der Waals surface area (Å²) in [7, 11) is -2.14. The van der Waals surface area contributed by atoms with E-state index in [1.165, 1.54) is 7.11 Å². The molecule has 0 radical (unpaired) electrons. The zero-order chi connectivity index (χ0) is 23.9. The molecule has 1 fully saturated rings. The van der Waals surface area contributed by atoms with Crippen molar-refractivity contribution in [3.05, 3.63) is 47.9 Å². The maximum atomic E-state index is 13.5. The van der Waals surface area contributed by atoms with Gasteiger partial charge in [0.25, 0.3) is 0 Å². The summed E-state index contributed by atoms with van der Waals surface area (Å²) in [5.41, 5.74) is 3.66. The molecule has 1 aromatic carbocycles. The van der Waals surface area contributed by atoms with Gasteiger partial charge < -0.3 is 14.8 Å². The van der Waals surface area contributed by atoms with E-state index in [0.717, 1.165) is 11.4 Å². The lowest BCUT2D eigenvalue weighted by molar-refractivity contribution is 0.0983. The van der Waals surface area contributed by atoms with E-state index in [4.69, 9.17) is 14.5 Å². The van der Waals surface area contributed by atoms with Crippen LogP contribution in [-0.2, 0) is 14.6 Å². The molecular formula is C23H26N6O4S. The molecule has 34 heavy (non-hydrogen) atoms. The maximum absolute atomic E-state index is 13.5. The first-order valence-electron chi connectivity index (χ1n) is 11.0. The molecule has 0 unspecified atom stereocenters. The SMILES string of the molecule is COc1ccc(-c2cc3nc(C)cn3c(Nc3cc(C)[nH]n3)n2)cc1S(=O)(=O)C1CCOCC1. The van der Waals surface area contributed by atoms with E-state index in [0.29, 0.717) is 60.5 Å². The smallest absolute Gasteiger partial charge is 0.215 e. The first-order valence-corrected chi connectivity index (χ1v) is 12.6. The highest BCUT2D eigenvalue weighted by Gasteiger charge is 2.32. The van der Waals surface area contributed by atoms with E-state index in [1.807, 2.05) is 36.6 Å². The van der Waals surface area contributed by atoms with Crippen molar-refractivity contribution in [1.29, 1.82) is 0 Å². The molecule has 1 aliphatic heterocycles. The number of fused-ring (bicyclic) bond motifs is 1. The second-order valence-electron chi connectivity index (χ2n) is 8.36. The standard InChI is InChI=1S/C23H26N6O4S/c1-14-10-21(28-27-14)26-23-25-18(12-22-24-15(2)13-29(22)23)16-4-5-19(32-3)20(11-16)34(30,31)17-6-8-33-9-7-17/h4-5,10-13,17H,6-9H2,1-3H3,(H2,25,26,27,28). The molecule has 4 aromatic rings. The maximum Gasteiger partial charge on any atom is 0.215 e. The summed E-state index contributed by atoms with van der Waals surface area (Å²) in [6.07, 6.45) is 2.80. The third-order valence-corrected chi connectivity index (χ3v) is 8.17. The summed E-state index contributed by atoms with van der Waals surface area (Å²) in [4.78, 5) is 9.53. The Hall–Kier alpha value is -3.44. The van der Waals surface area contributed by atoms with Crippen LogP contribution < -0.4 is 10.1 Å². The molecule has 0 atom stereocenters. The normalized spacial score (nSPS) is 15.0. The minimum absolute atomic E-state index is 0.165. The molecule has 0 spiro atoms. The lowest BCUT2D eigenvalue weighted by atomic mass is 10.1. The quantitative estimate of drug-likeness (QED) is 0.428. The number of methoxy groups -OCH3 is 1. The van der Waals surface area contributed by atoms with Gasteiger partial charge in [0.05, 0.1) is 23.7 Å². The van der Waals surface area contributed by atoms with E-state index in [1.54, 1.807) is 18.2 Å². The van der Waals surface area contributed by atoms with E-state index < -0.39 is 15.1 Å². The Balaban J connectivity index is 1.61. The van der Waals surface area contributed by atoms with Crippen molar-refractivity contribution in [2.75, 3.05) is 25.6 Å². The Labute approximate surface area is 197 Å². The number of aryl methyl sites for hydroxylation is 2. The summed E-state index contributed by atoms with van der Waals surface area (Å²) < 4.78 is 39.6. The molecule has 0 aliphatic carbocycles. The van der Waals surface area contributed by atoms with Gasteiger partial charge in [0.1, 0.15) is 16.3 Å². The number of sulfone groups is 1. The highest BCUT2D eigenvalue weighted by Crippen LogP contribution is 2.34. The van der Waals surface area contributed by atoms with E-state index >= 15 is 0 Å². The molecule has 2 N–H and O–H groups in total. The van der Waals surface area contributed by atoms with Crippen LogP contribution in [0.25, 0.3) is 16.9 Å². The Morgan fingerprint density at radius 1 is 1.15 bits per heavy atom. The van der Waals surface area contributed by atoms with Crippen molar-refractivity contribution in [1.82, 2.24) is 24.6 Å². The predicted molar refractivity (Wildman–Crippen MR) is 127 cm³/mol. The Morgan fingerprint density at radius 2 is 1.94 bits per heavy atom. The van der Waals surface area contributed by atoms with Crippen LogP contribution in [0.5, 0.6) is 5.75 Å². The van der Waals surface area contributed by atoms with Crippen molar-refractivity contribution in [2.45, 2.75) is 36.8 Å². The van der Waals surface area contributed by atoms with E-state index in [2.05, 4.69) is 20.5 Å². The monoisotopic (exact) mass is 482 g/mol. The van der Waals surface area contributed by atoms with Gasteiger partial charge in [0, 0.05) is 42.8 Å². The molecule has 0 saturated carbocycles. The number of H-pyrrole nitrogens is 1. The predicted octanol–water partition coefficient (Wildman–Crippen LogP) is 3.44. The molecule has 3 aromatic heterocycles. The summed E-state index contributed by atoms with van der Waals surface area (Å²) >= 11 is 0. The Kier molecular flexibility index (Phi) is 5.74. The number of ether oxygens (including phenoxy) is 2. The molecule has 4 heterocycles. The number of benzene rings is 1. The van der Waals surface area contributed by atoms with Crippen LogP contribution in [-0.4, -0.2) is 58.6 Å². The van der Waals surface area contributed by atoms with Gasteiger partial charge in [-0.2, -0.15) is 5.10 Å². The highest BCUT2D eigenvalue weighted by molar-refractivity contribution is 7.92. The number of nitrogens with zero attached hydrogens (tertiary/aromatic N) is 4. The van der Waals surface area contributed by atoms with Gasteiger partial charge in [0.15, 0.2) is 15.7 Å². The third kappa shape index (κ3) is 4.12. The van der Waals surface area contributed by atoms with E-state index in [9.17, 15) is 8.42 Å². The van der Waals surface area contributed by atoms with Crippen molar-refractivity contribution in [3.63, 3.8) is 0 Å². The zero-order valence-corrected chi connectivity index (χ0v) is 20.0. The first kappa shape index (κ1) is 22.4. The van der Waals surface area contributed by atoms with Crippen LogP contribution in [0.4, 0.5) is 11.8 Å². The highest BCUT2D eigenvalue weighted by atomic mass is 32.2. The fraction of sp³-hybridized carbons (Fsp3) is 0.348. The van der Waals surface area contributed by atoms with Gasteiger partial charge in [-0.05, 0) is 44.9 Å². The summed E-state index contributed by atoms with van der Waals surface area (Å²) in [5, 5.41) is 9.85. The number of aromatic amines is 1. The third-order valence-electron chi connectivity index (χ3n) is 5.89. The van der Waals surface area contributed by atoms with Crippen molar-refractivity contribution < 1.29 is 17.9 Å². The van der Waals surface area contributed by atoms with E-state index in [-0.39, 0.29) is 4.90 Å². The summed E-state index contributed by atoms with van der Waals surface area (Å²) in [6, 6.07) is 8.82. The molecular weight excluding hydrogens is 456 g/mol. The largest absolute Gasteiger partial charge is 0.495 e. The van der Waals surface area contributed by atoms with Crippen LogP contribution in [0.1, 0.15) is 24.2 Å². The van der Waals surface area contributed by atoms with Crippen molar-refractivity contribution in [3.8, 4) is 17.0 Å². The number of hydrogen-bond donors (Lipinski definition) is 2. The second kappa shape index (κ2) is 8.73. The molecule has 1 aliphatic rings. The molecule has 0 bridgehead atoms. The molecule has 11 heteroatoms. The number of rotatable bonds is 6. The first-order chi connectivity index (χ1) is 16.3. The number of hydrogen-bond acceptors (Lipinski definition) is 8. The van der Waals surface area contributed by atoms with Crippen LogP contribution in [0.3, 0.4) is 0 Å². The minimum Gasteiger partial charge on any atom is -0.495 e. The fourth-order valence-corrected chi connectivity index (χ4v) is 6.06. The van der Waals surface area contributed by atoms with Crippen molar-refractivity contribution in [2.24, 2.45) is 0 Å². The summed E-state index contributed by atoms with van der Waals surface area (Å²) in [6.45, 7) is 4.69. The molecule has 5 rings (SSSR count). The average Bonchev–Trinajstić information content (AvgIpc) is 3.43. The second-order valence-corrected chi connectivity index (χ2v) is 10.6. The molecule has 178 valence electrons. The minimum atomic E-state index is -3.61. The lowest BCUT2D eigenvalue weighted by Gasteiger charge is -2.23. The molecule has 10 nitrogen and oxygen atoms in total. The van der Waals surface area contributed by atoms with Crippen LogP contribution in [0.2, 0.25) is 0 Å². The number of aromatic nitrogens is 5.